The normalized spacial score (nSPS) is 11.4. The predicted octanol–water partition coefficient (Wildman–Crippen LogP) is 1.65. The van der Waals surface area contributed by atoms with Crippen LogP contribution in [-0.4, -0.2) is 25.7 Å². The van der Waals surface area contributed by atoms with Crippen LogP contribution in [0.25, 0.3) is 0 Å². The van der Waals surface area contributed by atoms with E-state index < -0.39 is 0 Å². The summed E-state index contributed by atoms with van der Waals surface area (Å²) in [7, 11) is 0. The molecule has 1 aromatic rings. The molecule has 5 heteroatoms. The number of nitrogens with one attached hydrogen (secondary N) is 2. The van der Waals surface area contributed by atoms with Crippen molar-refractivity contribution in [3.8, 4) is 0 Å². The first-order chi connectivity index (χ1) is 8.77. The average molecular weight is 250 g/mol. The molecule has 0 atom stereocenters. The fourth-order valence-corrected chi connectivity index (χ4v) is 1.46. The highest BCUT2D eigenvalue weighted by molar-refractivity contribution is 5.93. The molecule has 0 fully saturated rings. The summed E-state index contributed by atoms with van der Waals surface area (Å²) in [4.78, 5) is 4.34. The molecule has 0 aliphatic heterocycles. The number of benzene rings is 1. The maximum atomic E-state index is 5.44. The molecule has 0 spiro atoms. The molecule has 100 valence electrons. The van der Waals surface area contributed by atoms with Crippen molar-refractivity contribution in [3.05, 3.63) is 29.8 Å². The van der Waals surface area contributed by atoms with E-state index in [1.807, 2.05) is 38.1 Å². The second-order valence-corrected chi connectivity index (χ2v) is 3.87. The largest absolute Gasteiger partial charge is 0.382 e. The number of rotatable bonds is 6. The molecule has 0 saturated heterocycles. The minimum Gasteiger partial charge on any atom is -0.382 e. The van der Waals surface area contributed by atoms with Gasteiger partial charge < -0.3 is 10.1 Å². The van der Waals surface area contributed by atoms with E-state index in [-0.39, 0.29) is 0 Å². The van der Waals surface area contributed by atoms with Gasteiger partial charge in [-0.15, -0.1) is 0 Å². The number of para-hydroxylation sites is 1. The van der Waals surface area contributed by atoms with E-state index in [9.17, 15) is 0 Å². The van der Waals surface area contributed by atoms with Crippen molar-refractivity contribution in [2.75, 3.05) is 25.1 Å². The smallest absolute Gasteiger partial charge is 0.210 e. The molecular formula is C13H22N4O. The first-order valence-electron chi connectivity index (χ1n) is 6.19. The number of aryl methyl sites for hydroxylation is 1. The molecular weight excluding hydrogens is 228 g/mol. The monoisotopic (exact) mass is 250 g/mol. The number of ether oxygens (including phenoxy) is 1. The Kier molecular flexibility index (Phi) is 6.83. The topological polar surface area (TPSA) is 71.7 Å². The average Bonchev–Trinajstić information content (AvgIpc) is 2.39. The Balaban J connectivity index is 2.46. The summed E-state index contributed by atoms with van der Waals surface area (Å²) in [6, 6.07) is 7.99. The van der Waals surface area contributed by atoms with Gasteiger partial charge in [-0.3, -0.25) is 10.4 Å². The van der Waals surface area contributed by atoms with Gasteiger partial charge in [0.15, 0.2) is 0 Å². The lowest BCUT2D eigenvalue weighted by molar-refractivity contribution is 0.146. The van der Waals surface area contributed by atoms with E-state index in [1.54, 1.807) is 0 Å². The van der Waals surface area contributed by atoms with Gasteiger partial charge in [-0.25, -0.2) is 5.84 Å². The molecule has 1 rings (SSSR count). The third-order valence-electron chi connectivity index (χ3n) is 2.46. The Labute approximate surface area is 108 Å². The van der Waals surface area contributed by atoms with Crippen LogP contribution in [0.15, 0.2) is 29.3 Å². The molecule has 5 nitrogen and oxygen atoms in total. The lowest BCUT2D eigenvalue weighted by atomic mass is 10.2. The number of hydrazine groups is 1. The summed E-state index contributed by atoms with van der Waals surface area (Å²) >= 11 is 0. The van der Waals surface area contributed by atoms with E-state index in [2.05, 4.69) is 15.7 Å². The number of anilines is 1. The lowest BCUT2D eigenvalue weighted by Gasteiger charge is -2.11. The Morgan fingerprint density at radius 1 is 1.39 bits per heavy atom. The molecule has 0 bridgehead atoms. The van der Waals surface area contributed by atoms with E-state index in [0.717, 1.165) is 30.9 Å². The number of aliphatic imine (C=N–C) groups is 1. The maximum absolute atomic E-state index is 5.44. The van der Waals surface area contributed by atoms with Crippen LogP contribution in [-0.2, 0) is 4.74 Å². The van der Waals surface area contributed by atoms with Crippen LogP contribution in [0.1, 0.15) is 18.9 Å². The van der Waals surface area contributed by atoms with Crippen LogP contribution >= 0.6 is 0 Å². The standard InChI is InChI=1S/C13H22N4O/c1-3-18-10-6-9-15-13(17-14)16-12-8-5-4-7-11(12)2/h4-5,7-8H,3,6,9-10,14H2,1-2H3,(H2,15,16,17). The van der Waals surface area contributed by atoms with Crippen LogP contribution < -0.4 is 16.6 Å². The van der Waals surface area contributed by atoms with Crippen molar-refractivity contribution in [1.82, 2.24) is 5.43 Å². The second-order valence-electron chi connectivity index (χ2n) is 3.87. The maximum Gasteiger partial charge on any atom is 0.210 e. The first-order valence-corrected chi connectivity index (χ1v) is 6.19. The highest BCUT2D eigenvalue weighted by Crippen LogP contribution is 2.12. The molecule has 0 aromatic heterocycles. The fraction of sp³-hybridized carbons (Fsp3) is 0.462. The zero-order chi connectivity index (χ0) is 13.2. The lowest BCUT2D eigenvalue weighted by Crippen LogP contribution is -2.36. The minimum absolute atomic E-state index is 0.570. The van der Waals surface area contributed by atoms with Crippen molar-refractivity contribution >= 4 is 11.6 Å². The number of nitrogens with zero attached hydrogens (tertiary/aromatic N) is 1. The molecule has 0 saturated carbocycles. The number of guanidine groups is 1. The van der Waals surface area contributed by atoms with Crippen molar-refractivity contribution in [2.45, 2.75) is 20.3 Å². The third kappa shape index (κ3) is 5.16. The number of nitrogens with two attached hydrogens (primary N) is 1. The third-order valence-corrected chi connectivity index (χ3v) is 2.46. The van der Waals surface area contributed by atoms with Gasteiger partial charge in [-0.05, 0) is 31.9 Å². The van der Waals surface area contributed by atoms with Crippen LogP contribution in [0.3, 0.4) is 0 Å². The Morgan fingerprint density at radius 2 is 2.17 bits per heavy atom. The van der Waals surface area contributed by atoms with Crippen LogP contribution in [0, 0.1) is 6.92 Å². The molecule has 0 amide bonds. The van der Waals surface area contributed by atoms with Gasteiger partial charge >= 0.3 is 0 Å². The number of hydrogen-bond donors (Lipinski definition) is 3. The molecule has 18 heavy (non-hydrogen) atoms. The van der Waals surface area contributed by atoms with Crippen LogP contribution in [0.4, 0.5) is 5.69 Å². The van der Waals surface area contributed by atoms with Gasteiger partial charge in [-0.2, -0.15) is 0 Å². The summed E-state index contributed by atoms with van der Waals surface area (Å²) in [5.74, 6) is 6.01. The predicted molar refractivity (Wildman–Crippen MR) is 75.5 cm³/mol. The zero-order valence-electron chi connectivity index (χ0n) is 11.1. The van der Waals surface area contributed by atoms with Crippen molar-refractivity contribution < 1.29 is 4.74 Å². The summed E-state index contributed by atoms with van der Waals surface area (Å²) in [5, 5.41) is 3.16. The minimum atomic E-state index is 0.570. The summed E-state index contributed by atoms with van der Waals surface area (Å²) in [5.41, 5.74) is 4.71. The van der Waals surface area contributed by atoms with Crippen molar-refractivity contribution in [3.63, 3.8) is 0 Å². The van der Waals surface area contributed by atoms with E-state index in [1.165, 1.54) is 0 Å². The quantitative estimate of drug-likeness (QED) is 0.236. The highest BCUT2D eigenvalue weighted by Gasteiger charge is 1.99. The molecule has 0 unspecified atom stereocenters. The summed E-state index contributed by atoms with van der Waals surface area (Å²) in [6.45, 7) is 6.16. The second kappa shape index (κ2) is 8.49. The van der Waals surface area contributed by atoms with Gasteiger partial charge in [-0.1, -0.05) is 18.2 Å². The SMILES string of the molecule is CCOCCCN=C(NN)Nc1ccccc1C. The molecule has 0 aliphatic carbocycles. The van der Waals surface area contributed by atoms with Crippen LogP contribution in [0.5, 0.6) is 0 Å². The molecule has 0 radical (unpaired) electrons. The first kappa shape index (κ1) is 14.5. The van der Waals surface area contributed by atoms with Gasteiger partial charge in [0.25, 0.3) is 0 Å². The zero-order valence-corrected chi connectivity index (χ0v) is 11.1. The molecule has 4 N–H and O–H groups in total. The van der Waals surface area contributed by atoms with Gasteiger partial charge in [0.05, 0.1) is 0 Å². The van der Waals surface area contributed by atoms with Gasteiger partial charge in [0.1, 0.15) is 0 Å². The van der Waals surface area contributed by atoms with Crippen molar-refractivity contribution in [1.29, 1.82) is 0 Å². The van der Waals surface area contributed by atoms with E-state index in [0.29, 0.717) is 12.5 Å². The van der Waals surface area contributed by atoms with Crippen LogP contribution in [0.2, 0.25) is 0 Å². The van der Waals surface area contributed by atoms with Gasteiger partial charge in [0.2, 0.25) is 5.96 Å². The number of hydrogen-bond acceptors (Lipinski definition) is 3. The Bertz CT molecular complexity index is 379. The molecule has 0 aliphatic rings. The van der Waals surface area contributed by atoms with Gasteiger partial charge in [0, 0.05) is 25.4 Å². The van der Waals surface area contributed by atoms with Crippen molar-refractivity contribution in [2.24, 2.45) is 10.8 Å². The fourth-order valence-electron chi connectivity index (χ4n) is 1.46. The summed E-state index contributed by atoms with van der Waals surface area (Å²) in [6.07, 6.45) is 0.883. The Morgan fingerprint density at radius 3 is 2.83 bits per heavy atom. The van der Waals surface area contributed by atoms with E-state index >= 15 is 0 Å². The summed E-state index contributed by atoms with van der Waals surface area (Å²) < 4.78 is 5.25. The van der Waals surface area contributed by atoms with E-state index in [4.69, 9.17) is 10.6 Å². The molecule has 1 aromatic carbocycles. The highest BCUT2D eigenvalue weighted by atomic mass is 16.5. The Hall–Kier alpha value is -1.59. The molecule has 0 heterocycles.